The minimum Gasteiger partial charge on any atom is -0.497 e. The fourth-order valence-corrected chi connectivity index (χ4v) is 2.61. The number of halogens is 2. The van der Waals surface area contributed by atoms with Crippen LogP contribution in [0.15, 0.2) is 47.0 Å². The average Bonchev–Trinajstić information content (AvgIpc) is 3.16. The van der Waals surface area contributed by atoms with Crippen molar-refractivity contribution < 1.29 is 23.2 Å². The molecule has 0 aliphatic carbocycles. The van der Waals surface area contributed by atoms with Crippen LogP contribution in [-0.2, 0) is 13.2 Å². The van der Waals surface area contributed by atoms with E-state index in [9.17, 15) is 9.18 Å². The Labute approximate surface area is 166 Å². The molecule has 0 atom stereocenters. The van der Waals surface area contributed by atoms with Crippen LogP contribution in [0.5, 0.6) is 11.5 Å². The molecule has 0 radical (unpaired) electrons. The number of carbonyl (C=O) groups excluding carboxylic acids is 1. The van der Waals surface area contributed by atoms with E-state index in [0.717, 1.165) is 0 Å². The lowest BCUT2D eigenvalue weighted by Crippen LogP contribution is -2.23. The molecule has 0 aliphatic heterocycles. The van der Waals surface area contributed by atoms with E-state index in [-0.39, 0.29) is 24.7 Å². The monoisotopic (exact) mass is 404 g/mol. The van der Waals surface area contributed by atoms with Gasteiger partial charge in [-0.2, -0.15) is 0 Å². The molecular weight excluding hydrogens is 387 g/mol. The normalized spacial score (nSPS) is 10.6. The molecule has 0 aliphatic rings. The molecule has 146 valence electrons. The molecule has 0 unspecified atom stereocenters. The van der Waals surface area contributed by atoms with Gasteiger partial charge in [0.1, 0.15) is 23.9 Å². The van der Waals surface area contributed by atoms with E-state index in [4.69, 9.17) is 25.6 Å². The van der Waals surface area contributed by atoms with Crippen LogP contribution in [0.1, 0.15) is 27.4 Å². The third-order valence-electron chi connectivity index (χ3n) is 3.99. The van der Waals surface area contributed by atoms with E-state index in [2.05, 4.69) is 10.5 Å². The molecule has 1 aromatic heterocycles. The molecular formula is C20H18ClFN2O4. The van der Waals surface area contributed by atoms with Crippen LogP contribution in [0.3, 0.4) is 0 Å². The first-order valence-corrected chi connectivity index (χ1v) is 8.79. The van der Waals surface area contributed by atoms with Crippen molar-refractivity contribution in [1.29, 1.82) is 0 Å². The first kappa shape index (κ1) is 19.7. The number of nitrogens with zero attached hydrogens (tertiary/aromatic N) is 1. The fraction of sp³-hybridized carbons (Fsp3) is 0.200. The lowest BCUT2D eigenvalue weighted by molar-refractivity contribution is 0.0941. The van der Waals surface area contributed by atoms with Crippen molar-refractivity contribution in [3.05, 3.63) is 75.9 Å². The Kier molecular flexibility index (Phi) is 6.16. The molecule has 6 nitrogen and oxygen atoms in total. The van der Waals surface area contributed by atoms with Crippen molar-refractivity contribution >= 4 is 17.5 Å². The maximum atomic E-state index is 13.6. The van der Waals surface area contributed by atoms with Crippen LogP contribution >= 0.6 is 11.6 Å². The zero-order valence-corrected chi connectivity index (χ0v) is 16.0. The highest BCUT2D eigenvalue weighted by molar-refractivity contribution is 6.32. The highest BCUT2D eigenvalue weighted by atomic mass is 35.5. The Hall–Kier alpha value is -3.06. The standard InChI is InChI=1S/C20H18ClFN2O4/c1-12-3-4-13(7-17(12)22)10-23-20(25)18-9-15(28-24-18)11-27-19-6-5-14(26-2)8-16(19)21/h3-9H,10-11H2,1-2H3,(H,23,25). The molecule has 0 fully saturated rings. The number of carbonyl (C=O) groups is 1. The summed E-state index contributed by atoms with van der Waals surface area (Å²) in [6, 6.07) is 11.3. The Morgan fingerprint density at radius 3 is 2.79 bits per heavy atom. The van der Waals surface area contributed by atoms with E-state index in [0.29, 0.717) is 33.4 Å². The third-order valence-corrected chi connectivity index (χ3v) is 4.29. The lowest BCUT2D eigenvalue weighted by atomic mass is 10.1. The van der Waals surface area contributed by atoms with Gasteiger partial charge in [-0.1, -0.05) is 28.9 Å². The van der Waals surface area contributed by atoms with Gasteiger partial charge < -0.3 is 19.3 Å². The van der Waals surface area contributed by atoms with Crippen molar-refractivity contribution in [2.45, 2.75) is 20.1 Å². The minimum atomic E-state index is -0.432. The van der Waals surface area contributed by atoms with E-state index >= 15 is 0 Å². The predicted octanol–water partition coefficient (Wildman–Crippen LogP) is 4.29. The molecule has 0 saturated heterocycles. The molecule has 0 bridgehead atoms. The van der Waals surface area contributed by atoms with Gasteiger partial charge >= 0.3 is 0 Å². The summed E-state index contributed by atoms with van der Waals surface area (Å²) < 4.78 is 29.3. The Balaban J connectivity index is 1.55. The van der Waals surface area contributed by atoms with Gasteiger partial charge in [0.25, 0.3) is 5.91 Å². The number of benzene rings is 2. The number of amides is 1. The van der Waals surface area contributed by atoms with Gasteiger partial charge in [0.05, 0.1) is 12.1 Å². The van der Waals surface area contributed by atoms with Crippen molar-refractivity contribution in [1.82, 2.24) is 10.5 Å². The van der Waals surface area contributed by atoms with Gasteiger partial charge in [-0.15, -0.1) is 0 Å². The number of rotatable bonds is 7. The summed E-state index contributed by atoms with van der Waals surface area (Å²) in [4.78, 5) is 12.2. The van der Waals surface area contributed by atoms with Crippen LogP contribution in [0.25, 0.3) is 0 Å². The lowest BCUT2D eigenvalue weighted by Gasteiger charge is -2.07. The number of hydrogen-bond donors (Lipinski definition) is 1. The topological polar surface area (TPSA) is 73.6 Å². The predicted molar refractivity (Wildman–Crippen MR) is 101 cm³/mol. The molecule has 1 heterocycles. The molecule has 1 amide bonds. The average molecular weight is 405 g/mol. The van der Waals surface area contributed by atoms with Gasteiger partial charge in [-0.25, -0.2) is 4.39 Å². The Morgan fingerprint density at radius 1 is 1.25 bits per heavy atom. The Bertz CT molecular complexity index is 990. The second kappa shape index (κ2) is 8.75. The summed E-state index contributed by atoms with van der Waals surface area (Å²) in [6.45, 7) is 1.90. The third kappa shape index (κ3) is 4.80. The SMILES string of the molecule is COc1ccc(OCc2cc(C(=O)NCc3ccc(C)c(F)c3)no2)c(Cl)c1. The van der Waals surface area contributed by atoms with Gasteiger partial charge in [0, 0.05) is 18.7 Å². The molecule has 0 spiro atoms. The minimum absolute atomic E-state index is 0.0511. The summed E-state index contributed by atoms with van der Waals surface area (Å²) in [5.74, 6) is 0.678. The number of aromatic nitrogens is 1. The van der Waals surface area contributed by atoms with E-state index < -0.39 is 5.91 Å². The highest BCUT2D eigenvalue weighted by Crippen LogP contribution is 2.29. The van der Waals surface area contributed by atoms with Crippen molar-refractivity contribution in [3.8, 4) is 11.5 Å². The summed E-state index contributed by atoms with van der Waals surface area (Å²) in [5, 5.41) is 6.79. The van der Waals surface area contributed by atoms with Gasteiger partial charge in [-0.05, 0) is 36.2 Å². The molecule has 3 rings (SSSR count). The zero-order valence-electron chi connectivity index (χ0n) is 15.3. The number of methoxy groups -OCH3 is 1. The number of ether oxygens (including phenoxy) is 2. The summed E-state index contributed by atoms with van der Waals surface area (Å²) >= 11 is 6.11. The van der Waals surface area contributed by atoms with Crippen molar-refractivity contribution in [3.63, 3.8) is 0 Å². The maximum Gasteiger partial charge on any atom is 0.273 e. The summed E-state index contributed by atoms with van der Waals surface area (Å²) in [7, 11) is 1.54. The quantitative estimate of drug-likeness (QED) is 0.635. The smallest absolute Gasteiger partial charge is 0.273 e. The largest absolute Gasteiger partial charge is 0.497 e. The number of hydrogen-bond acceptors (Lipinski definition) is 5. The van der Waals surface area contributed by atoms with Crippen LogP contribution in [0, 0.1) is 12.7 Å². The molecule has 3 aromatic rings. The first-order valence-electron chi connectivity index (χ1n) is 8.41. The van der Waals surface area contributed by atoms with Crippen molar-refractivity contribution in [2.75, 3.05) is 7.11 Å². The summed E-state index contributed by atoms with van der Waals surface area (Å²) in [6.07, 6.45) is 0. The molecule has 28 heavy (non-hydrogen) atoms. The van der Waals surface area contributed by atoms with Gasteiger partial charge in [0.15, 0.2) is 11.5 Å². The van der Waals surface area contributed by atoms with Gasteiger partial charge in [-0.3, -0.25) is 4.79 Å². The molecule has 8 heteroatoms. The molecule has 2 aromatic carbocycles. The highest BCUT2D eigenvalue weighted by Gasteiger charge is 2.14. The fourth-order valence-electron chi connectivity index (χ4n) is 2.38. The van der Waals surface area contributed by atoms with E-state index in [1.165, 1.54) is 12.1 Å². The van der Waals surface area contributed by atoms with Crippen molar-refractivity contribution in [2.24, 2.45) is 0 Å². The summed E-state index contributed by atoms with van der Waals surface area (Å²) in [5.41, 5.74) is 1.30. The Morgan fingerprint density at radius 2 is 2.07 bits per heavy atom. The van der Waals surface area contributed by atoms with Crippen LogP contribution < -0.4 is 14.8 Å². The van der Waals surface area contributed by atoms with E-state index in [1.807, 2.05) is 0 Å². The maximum absolute atomic E-state index is 13.6. The second-order valence-electron chi connectivity index (χ2n) is 6.03. The molecule has 0 saturated carbocycles. The van der Waals surface area contributed by atoms with Crippen LogP contribution in [-0.4, -0.2) is 18.2 Å². The first-order chi connectivity index (χ1) is 13.5. The van der Waals surface area contributed by atoms with E-state index in [1.54, 1.807) is 44.4 Å². The van der Waals surface area contributed by atoms with Crippen LogP contribution in [0.2, 0.25) is 5.02 Å². The zero-order chi connectivity index (χ0) is 20.1. The van der Waals surface area contributed by atoms with Gasteiger partial charge in [0.2, 0.25) is 0 Å². The molecule has 1 N–H and O–H groups in total. The number of aryl methyl sites for hydroxylation is 1. The number of nitrogens with one attached hydrogen (secondary N) is 1. The van der Waals surface area contributed by atoms with Crippen LogP contribution in [0.4, 0.5) is 4.39 Å². The second-order valence-corrected chi connectivity index (χ2v) is 6.44.